The highest BCUT2D eigenvalue weighted by molar-refractivity contribution is 5.85. The van der Waals surface area contributed by atoms with Crippen LogP contribution in [0.5, 0.6) is 0 Å². The smallest absolute Gasteiger partial charge is 0.237 e. The van der Waals surface area contributed by atoms with Gasteiger partial charge in [-0.15, -0.1) is 0 Å². The van der Waals surface area contributed by atoms with Crippen LogP contribution in [0, 0.1) is 17.8 Å². The summed E-state index contributed by atoms with van der Waals surface area (Å²) in [5.41, 5.74) is 5.31. The maximum absolute atomic E-state index is 12.0. The molecule has 3 N–H and O–H groups in total. The normalized spacial score (nSPS) is 45.1. The van der Waals surface area contributed by atoms with Crippen molar-refractivity contribution in [3.63, 3.8) is 0 Å². The Hall–Kier alpha value is -0.610. The van der Waals surface area contributed by atoms with E-state index >= 15 is 0 Å². The largest absolute Gasteiger partial charge is 0.368 e. The summed E-state index contributed by atoms with van der Waals surface area (Å²) in [5, 5.41) is 3.59. The predicted octanol–water partition coefficient (Wildman–Crippen LogP) is 0.959. The van der Waals surface area contributed by atoms with Crippen LogP contribution < -0.4 is 11.1 Å². The fourth-order valence-electron chi connectivity index (χ4n) is 4.96. The fraction of sp³-hybridized carbons (Fsp3) is 0.933. The molecule has 0 spiro atoms. The quantitative estimate of drug-likeness (QED) is 0.796. The lowest BCUT2D eigenvalue weighted by Crippen LogP contribution is -2.71. The number of carbonyl (C=O) groups excluding carboxylic acids is 1. The van der Waals surface area contributed by atoms with E-state index in [2.05, 4.69) is 31.0 Å². The molecule has 3 aliphatic heterocycles. The average Bonchev–Trinajstić information content (AvgIpc) is 2.60. The third kappa shape index (κ3) is 1.91. The first-order chi connectivity index (χ1) is 8.97. The summed E-state index contributed by atoms with van der Waals surface area (Å²) in [6, 6.07) is 1.04. The molecule has 0 aromatic rings. The molecule has 19 heavy (non-hydrogen) atoms. The Morgan fingerprint density at radius 2 is 2.21 bits per heavy atom. The molecule has 4 aliphatic rings. The first-order valence-electron chi connectivity index (χ1n) is 7.78. The van der Waals surface area contributed by atoms with Crippen molar-refractivity contribution in [2.75, 3.05) is 13.1 Å². The van der Waals surface area contributed by atoms with Crippen molar-refractivity contribution in [1.29, 1.82) is 0 Å². The maximum atomic E-state index is 12.0. The Balaban J connectivity index is 1.88. The van der Waals surface area contributed by atoms with Crippen molar-refractivity contribution in [1.82, 2.24) is 10.2 Å². The molecule has 5 atom stereocenters. The van der Waals surface area contributed by atoms with Crippen LogP contribution in [-0.4, -0.2) is 41.5 Å². The van der Waals surface area contributed by atoms with Crippen molar-refractivity contribution >= 4 is 5.91 Å². The molecular formula is C15H27N3O. The molecule has 3 heterocycles. The molecule has 4 rings (SSSR count). The van der Waals surface area contributed by atoms with Gasteiger partial charge in [0.15, 0.2) is 0 Å². The SMILES string of the molecule is CCC1NC2(C(N)=O)CC3CN(CC(C)C)C(C2)C31. The maximum Gasteiger partial charge on any atom is 0.237 e. The van der Waals surface area contributed by atoms with Gasteiger partial charge in [-0.05, 0) is 37.0 Å². The van der Waals surface area contributed by atoms with Crippen LogP contribution in [-0.2, 0) is 4.79 Å². The molecule has 4 nitrogen and oxygen atoms in total. The van der Waals surface area contributed by atoms with Crippen LogP contribution >= 0.6 is 0 Å². The van der Waals surface area contributed by atoms with Gasteiger partial charge in [-0.25, -0.2) is 0 Å². The lowest BCUT2D eigenvalue weighted by molar-refractivity contribution is -0.131. The highest BCUT2D eigenvalue weighted by atomic mass is 16.1. The number of hydrogen-bond acceptors (Lipinski definition) is 3. The standard InChI is InChI=1S/C15H27N3O/c1-4-11-13-10-5-15(17-11,14(16)19)6-12(13)18(8-10)7-9(2)3/h9-13,17H,4-8H2,1-3H3,(H2,16,19). The van der Waals surface area contributed by atoms with Crippen molar-refractivity contribution in [2.24, 2.45) is 23.5 Å². The van der Waals surface area contributed by atoms with Crippen LogP contribution in [0.15, 0.2) is 0 Å². The predicted molar refractivity (Wildman–Crippen MR) is 75.6 cm³/mol. The number of primary amides is 1. The van der Waals surface area contributed by atoms with E-state index in [0.29, 0.717) is 23.9 Å². The second kappa shape index (κ2) is 4.45. The molecular weight excluding hydrogens is 238 g/mol. The van der Waals surface area contributed by atoms with Crippen molar-refractivity contribution in [3.8, 4) is 0 Å². The molecule has 1 aliphatic carbocycles. The van der Waals surface area contributed by atoms with E-state index < -0.39 is 5.54 Å². The van der Waals surface area contributed by atoms with Gasteiger partial charge in [0.1, 0.15) is 0 Å². The molecule has 5 unspecified atom stereocenters. The third-order valence-electron chi connectivity index (χ3n) is 5.53. The third-order valence-corrected chi connectivity index (χ3v) is 5.53. The van der Waals surface area contributed by atoms with E-state index in [1.165, 1.54) is 6.54 Å². The Morgan fingerprint density at radius 1 is 1.47 bits per heavy atom. The first kappa shape index (κ1) is 13.4. The van der Waals surface area contributed by atoms with E-state index in [-0.39, 0.29) is 5.91 Å². The van der Waals surface area contributed by atoms with Crippen LogP contribution in [0.4, 0.5) is 0 Å². The Kier molecular flexibility index (Phi) is 3.13. The minimum absolute atomic E-state index is 0.134. The Morgan fingerprint density at radius 3 is 2.79 bits per heavy atom. The molecule has 0 aromatic carbocycles. The van der Waals surface area contributed by atoms with Crippen molar-refractivity contribution in [3.05, 3.63) is 0 Å². The molecule has 1 amide bonds. The summed E-state index contributed by atoms with van der Waals surface area (Å²) in [6.07, 6.45) is 2.98. The van der Waals surface area contributed by atoms with Gasteiger partial charge in [0, 0.05) is 25.2 Å². The highest BCUT2D eigenvalue weighted by Gasteiger charge is 2.61. The van der Waals surface area contributed by atoms with Gasteiger partial charge >= 0.3 is 0 Å². The summed E-state index contributed by atoms with van der Waals surface area (Å²) in [5.74, 6) is 1.95. The molecule has 108 valence electrons. The number of rotatable bonds is 4. The minimum Gasteiger partial charge on any atom is -0.368 e. The van der Waals surface area contributed by atoms with Gasteiger partial charge in [-0.3, -0.25) is 9.69 Å². The number of piperidine rings is 2. The van der Waals surface area contributed by atoms with E-state index in [1.807, 2.05) is 0 Å². The summed E-state index contributed by atoms with van der Waals surface area (Å²) < 4.78 is 0. The molecule has 4 heteroatoms. The summed E-state index contributed by atoms with van der Waals surface area (Å²) in [7, 11) is 0. The summed E-state index contributed by atoms with van der Waals surface area (Å²) >= 11 is 0. The van der Waals surface area contributed by atoms with E-state index in [0.717, 1.165) is 31.7 Å². The van der Waals surface area contributed by atoms with Gasteiger partial charge in [0.25, 0.3) is 0 Å². The lowest BCUT2D eigenvalue weighted by Gasteiger charge is -2.54. The Labute approximate surface area is 116 Å². The van der Waals surface area contributed by atoms with Gasteiger partial charge in [-0.2, -0.15) is 0 Å². The van der Waals surface area contributed by atoms with Crippen LogP contribution in [0.3, 0.4) is 0 Å². The second-order valence-corrected chi connectivity index (χ2v) is 7.27. The fourth-order valence-corrected chi connectivity index (χ4v) is 4.96. The molecule has 0 aromatic heterocycles. The van der Waals surface area contributed by atoms with E-state index in [4.69, 9.17) is 5.73 Å². The van der Waals surface area contributed by atoms with E-state index in [9.17, 15) is 4.79 Å². The van der Waals surface area contributed by atoms with Gasteiger partial charge < -0.3 is 11.1 Å². The van der Waals surface area contributed by atoms with Gasteiger partial charge in [0.05, 0.1) is 5.54 Å². The minimum atomic E-state index is -0.420. The van der Waals surface area contributed by atoms with Gasteiger partial charge in [-0.1, -0.05) is 20.8 Å². The number of hydrogen-bond donors (Lipinski definition) is 2. The molecule has 3 saturated heterocycles. The van der Waals surface area contributed by atoms with Crippen LogP contribution in [0.25, 0.3) is 0 Å². The summed E-state index contributed by atoms with van der Waals surface area (Å²) in [4.78, 5) is 14.6. The zero-order chi connectivity index (χ0) is 13.8. The monoisotopic (exact) mass is 265 g/mol. The highest BCUT2D eigenvalue weighted by Crippen LogP contribution is 2.51. The van der Waals surface area contributed by atoms with Crippen LogP contribution in [0.2, 0.25) is 0 Å². The van der Waals surface area contributed by atoms with Gasteiger partial charge in [0.2, 0.25) is 5.91 Å². The number of nitrogens with two attached hydrogens (primary N) is 1. The lowest BCUT2D eigenvalue weighted by atomic mass is 9.62. The molecule has 4 fully saturated rings. The second-order valence-electron chi connectivity index (χ2n) is 7.27. The van der Waals surface area contributed by atoms with E-state index in [1.54, 1.807) is 0 Å². The first-order valence-corrected chi connectivity index (χ1v) is 7.78. The zero-order valence-electron chi connectivity index (χ0n) is 12.4. The average molecular weight is 265 g/mol. The number of nitrogens with zero attached hydrogens (tertiary/aromatic N) is 1. The summed E-state index contributed by atoms with van der Waals surface area (Å²) in [6.45, 7) is 9.10. The zero-order valence-corrected chi connectivity index (χ0v) is 12.4. The number of fused-ring (bicyclic) bond motifs is 1. The van der Waals surface area contributed by atoms with Crippen molar-refractivity contribution in [2.45, 2.75) is 57.7 Å². The number of nitrogens with one attached hydrogen (secondary N) is 1. The number of amides is 1. The number of carbonyl (C=O) groups is 1. The van der Waals surface area contributed by atoms with Crippen LogP contribution in [0.1, 0.15) is 40.0 Å². The Bertz CT molecular complexity index is 384. The molecule has 1 saturated carbocycles. The number of likely N-dealkylation sites (tertiary alicyclic amines) is 1. The molecule has 0 radical (unpaired) electrons. The molecule has 4 bridgehead atoms. The topological polar surface area (TPSA) is 58.4 Å². The van der Waals surface area contributed by atoms with Crippen molar-refractivity contribution < 1.29 is 4.79 Å².